The zero-order chi connectivity index (χ0) is 20.8. The highest BCUT2D eigenvalue weighted by Crippen LogP contribution is 2.34. The highest BCUT2D eigenvalue weighted by atomic mass is 19.4. The van der Waals surface area contributed by atoms with Crippen LogP contribution in [0, 0.1) is 13.8 Å². The lowest BCUT2D eigenvalue weighted by atomic mass is 10.1. The first-order valence-corrected chi connectivity index (χ1v) is 9.10. The molecule has 2 heterocycles. The number of carbonyl (C=O) groups excluding carboxylic acids is 1. The molecular weight excluding hydrogens is 383 g/mol. The maximum absolute atomic E-state index is 12.7. The van der Waals surface area contributed by atoms with Gasteiger partial charge in [-0.05, 0) is 49.2 Å². The molecule has 1 aliphatic heterocycles. The molecule has 1 aromatic heterocycles. The highest BCUT2D eigenvalue weighted by Gasteiger charge is 2.35. The minimum atomic E-state index is -4.40. The second-order valence-electron chi connectivity index (χ2n) is 7.28. The van der Waals surface area contributed by atoms with Crippen molar-refractivity contribution in [3.8, 4) is 11.4 Å². The third kappa shape index (κ3) is 3.87. The van der Waals surface area contributed by atoms with Crippen LogP contribution in [-0.4, -0.2) is 22.6 Å². The molecule has 1 atom stereocenters. The topological polar surface area (TPSA) is 59.2 Å². The zero-order valence-corrected chi connectivity index (χ0v) is 15.8. The van der Waals surface area contributed by atoms with Crippen LogP contribution in [0.15, 0.2) is 47.0 Å². The van der Waals surface area contributed by atoms with Gasteiger partial charge in [-0.1, -0.05) is 23.4 Å². The fourth-order valence-electron chi connectivity index (χ4n) is 3.56. The summed E-state index contributed by atoms with van der Waals surface area (Å²) in [6, 6.07) is 10.5. The van der Waals surface area contributed by atoms with Gasteiger partial charge >= 0.3 is 6.18 Å². The number of aromatic nitrogens is 2. The number of halogens is 3. The molecule has 1 fully saturated rings. The molecule has 1 amide bonds. The van der Waals surface area contributed by atoms with E-state index in [4.69, 9.17) is 4.52 Å². The Labute approximate surface area is 165 Å². The second kappa shape index (κ2) is 7.02. The zero-order valence-electron chi connectivity index (χ0n) is 15.8. The summed E-state index contributed by atoms with van der Waals surface area (Å²) >= 11 is 0. The predicted octanol–water partition coefficient (Wildman–Crippen LogP) is 4.89. The van der Waals surface area contributed by atoms with Crippen LogP contribution in [0.5, 0.6) is 0 Å². The molecule has 0 spiro atoms. The van der Waals surface area contributed by atoms with E-state index in [1.54, 1.807) is 4.90 Å². The molecular formula is C21H18F3N3O2. The van der Waals surface area contributed by atoms with E-state index in [1.807, 2.05) is 32.0 Å². The summed E-state index contributed by atoms with van der Waals surface area (Å²) in [5, 5.41) is 3.88. The lowest BCUT2D eigenvalue weighted by Crippen LogP contribution is -2.24. The smallest absolute Gasteiger partial charge is 0.339 e. The van der Waals surface area contributed by atoms with Gasteiger partial charge < -0.3 is 9.42 Å². The van der Waals surface area contributed by atoms with E-state index in [9.17, 15) is 18.0 Å². The van der Waals surface area contributed by atoms with E-state index in [-0.39, 0.29) is 24.1 Å². The number of aryl methyl sites for hydroxylation is 2. The summed E-state index contributed by atoms with van der Waals surface area (Å²) in [5.41, 5.74) is 2.65. The van der Waals surface area contributed by atoms with Crippen LogP contribution in [0.3, 0.4) is 0 Å². The minimum absolute atomic E-state index is 0.0331. The Bertz CT molecular complexity index is 1040. The normalized spacial score (nSPS) is 17.2. The maximum Gasteiger partial charge on any atom is 0.416 e. The summed E-state index contributed by atoms with van der Waals surface area (Å²) in [6.07, 6.45) is -4.16. The molecule has 0 aliphatic carbocycles. The molecule has 3 aromatic rings. The molecule has 150 valence electrons. The number of hydrogen-bond donors (Lipinski definition) is 0. The average molecular weight is 401 g/mol. The number of rotatable bonds is 3. The average Bonchev–Trinajstić information content (AvgIpc) is 3.27. The van der Waals surface area contributed by atoms with E-state index in [0.29, 0.717) is 18.0 Å². The number of nitrogens with zero attached hydrogens (tertiary/aromatic N) is 3. The standard InChI is InChI=1S/C21H18F3N3O2/c1-12-7-13(2)9-17(8-12)27-11-15(10-18(27)28)20-25-19(26-29-20)14-3-5-16(6-4-14)21(22,23)24/h3-9,15H,10-11H2,1-2H3. The van der Waals surface area contributed by atoms with Crippen LogP contribution >= 0.6 is 0 Å². The van der Waals surface area contributed by atoms with Crippen molar-refractivity contribution in [3.63, 3.8) is 0 Å². The first kappa shape index (κ1) is 19.2. The summed E-state index contributed by atoms with van der Waals surface area (Å²) in [5.74, 6) is 0.208. The number of benzene rings is 2. The van der Waals surface area contributed by atoms with Gasteiger partial charge in [-0.2, -0.15) is 18.2 Å². The van der Waals surface area contributed by atoms with Crippen molar-refractivity contribution in [2.24, 2.45) is 0 Å². The van der Waals surface area contributed by atoms with Crippen LogP contribution < -0.4 is 4.90 Å². The molecule has 0 bridgehead atoms. The van der Waals surface area contributed by atoms with Gasteiger partial charge in [0.05, 0.1) is 11.5 Å². The fourth-order valence-corrected chi connectivity index (χ4v) is 3.56. The number of hydrogen-bond acceptors (Lipinski definition) is 4. The van der Waals surface area contributed by atoms with Crippen molar-refractivity contribution in [1.82, 2.24) is 10.1 Å². The van der Waals surface area contributed by atoms with E-state index in [1.165, 1.54) is 12.1 Å². The van der Waals surface area contributed by atoms with Crippen LogP contribution in [-0.2, 0) is 11.0 Å². The lowest BCUT2D eigenvalue weighted by Gasteiger charge is -2.17. The van der Waals surface area contributed by atoms with Gasteiger partial charge in [0, 0.05) is 24.2 Å². The Hall–Kier alpha value is -3.16. The first-order chi connectivity index (χ1) is 13.7. The molecule has 4 rings (SSSR count). The predicted molar refractivity (Wildman–Crippen MR) is 100 cm³/mol. The Kier molecular flexibility index (Phi) is 4.64. The van der Waals surface area contributed by atoms with Gasteiger partial charge in [0.2, 0.25) is 17.6 Å². The Morgan fingerprint density at radius 3 is 2.34 bits per heavy atom. The Morgan fingerprint density at radius 2 is 1.72 bits per heavy atom. The van der Waals surface area contributed by atoms with Crippen LogP contribution in [0.25, 0.3) is 11.4 Å². The molecule has 5 nitrogen and oxygen atoms in total. The molecule has 1 saturated heterocycles. The van der Waals surface area contributed by atoms with Gasteiger partial charge in [0.25, 0.3) is 0 Å². The number of anilines is 1. The van der Waals surface area contributed by atoms with Gasteiger partial charge in [0.1, 0.15) is 0 Å². The van der Waals surface area contributed by atoms with Crippen molar-refractivity contribution >= 4 is 11.6 Å². The van der Waals surface area contributed by atoms with E-state index in [0.717, 1.165) is 28.9 Å². The van der Waals surface area contributed by atoms with Gasteiger partial charge in [0.15, 0.2) is 0 Å². The van der Waals surface area contributed by atoms with Crippen LogP contribution in [0.4, 0.5) is 18.9 Å². The Balaban J connectivity index is 1.53. The van der Waals surface area contributed by atoms with E-state index in [2.05, 4.69) is 10.1 Å². The van der Waals surface area contributed by atoms with Gasteiger partial charge in [-0.3, -0.25) is 4.79 Å². The molecule has 1 aliphatic rings. The molecule has 2 aromatic carbocycles. The fraction of sp³-hybridized carbons (Fsp3) is 0.286. The summed E-state index contributed by atoms with van der Waals surface area (Å²) < 4.78 is 43.4. The minimum Gasteiger partial charge on any atom is -0.339 e. The van der Waals surface area contributed by atoms with Crippen molar-refractivity contribution in [2.45, 2.75) is 32.4 Å². The van der Waals surface area contributed by atoms with Gasteiger partial charge in [-0.15, -0.1) is 0 Å². The Morgan fingerprint density at radius 1 is 1.07 bits per heavy atom. The molecule has 1 unspecified atom stereocenters. The van der Waals surface area contributed by atoms with Crippen LogP contribution in [0.2, 0.25) is 0 Å². The molecule has 8 heteroatoms. The highest BCUT2D eigenvalue weighted by molar-refractivity contribution is 5.96. The third-order valence-electron chi connectivity index (χ3n) is 4.90. The van der Waals surface area contributed by atoms with Crippen LogP contribution in [0.1, 0.15) is 34.9 Å². The number of carbonyl (C=O) groups is 1. The summed E-state index contributed by atoms with van der Waals surface area (Å²) in [4.78, 5) is 18.5. The van der Waals surface area contributed by atoms with Crippen molar-refractivity contribution in [3.05, 3.63) is 65.0 Å². The largest absolute Gasteiger partial charge is 0.416 e. The second-order valence-corrected chi connectivity index (χ2v) is 7.28. The lowest BCUT2D eigenvalue weighted by molar-refractivity contribution is -0.137. The van der Waals surface area contributed by atoms with Crippen molar-refractivity contribution < 1.29 is 22.5 Å². The number of alkyl halides is 3. The molecule has 0 saturated carbocycles. The summed E-state index contributed by atoms with van der Waals surface area (Å²) in [6.45, 7) is 4.36. The van der Waals surface area contributed by atoms with E-state index >= 15 is 0 Å². The SMILES string of the molecule is Cc1cc(C)cc(N2CC(c3nc(-c4ccc(C(F)(F)F)cc4)no3)CC2=O)c1. The molecule has 0 N–H and O–H groups in total. The maximum atomic E-state index is 12.7. The monoisotopic (exact) mass is 401 g/mol. The molecule has 0 radical (unpaired) electrons. The quantitative estimate of drug-likeness (QED) is 0.627. The summed E-state index contributed by atoms with van der Waals surface area (Å²) in [7, 11) is 0. The van der Waals surface area contributed by atoms with E-state index < -0.39 is 11.7 Å². The van der Waals surface area contributed by atoms with Crippen molar-refractivity contribution in [1.29, 1.82) is 0 Å². The number of amides is 1. The third-order valence-corrected chi connectivity index (χ3v) is 4.90. The first-order valence-electron chi connectivity index (χ1n) is 9.10. The van der Waals surface area contributed by atoms with Crippen molar-refractivity contribution in [2.75, 3.05) is 11.4 Å². The van der Waals surface area contributed by atoms with Gasteiger partial charge in [-0.25, -0.2) is 0 Å². The molecule has 29 heavy (non-hydrogen) atoms.